The van der Waals surface area contributed by atoms with Crippen molar-refractivity contribution in [1.82, 2.24) is 0 Å². The van der Waals surface area contributed by atoms with Crippen LogP contribution in [-0.4, -0.2) is 22.9 Å². The maximum atomic E-state index is 12.6. The molecule has 0 saturated heterocycles. The summed E-state index contributed by atoms with van der Waals surface area (Å²) in [6.07, 6.45) is 0. The molecule has 0 aliphatic heterocycles. The molecule has 2 N–H and O–H groups in total. The minimum absolute atomic E-state index is 0.0502. The molecule has 0 aliphatic rings. The van der Waals surface area contributed by atoms with Crippen LogP contribution in [0.4, 0.5) is 22.7 Å². The second-order valence-electron chi connectivity index (χ2n) is 8.16. The summed E-state index contributed by atoms with van der Waals surface area (Å²) in [6, 6.07) is 24.7. The van der Waals surface area contributed by atoms with Crippen LogP contribution in [0.1, 0.15) is 13.8 Å². The van der Waals surface area contributed by atoms with Crippen LogP contribution in [0.15, 0.2) is 84.9 Å². The Hall–Kier alpha value is -4.72. The van der Waals surface area contributed by atoms with Gasteiger partial charge in [-0.05, 0) is 78.6 Å². The molecule has 0 fully saturated rings. The molecule has 182 valence electrons. The lowest BCUT2D eigenvalue weighted by molar-refractivity contribution is -0.385. The number of nitrogens with one attached hydrogen (secondary N) is 2. The Morgan fingerprint density at radius 3 is 1.83 bits per heavy atom. The smallest absolute Gasteiger partial charge is 0.285 e. The quantitative estimate of drug-likeness (QED) is 0.190. The van der Waals surface area contributed by atoms with Gasteiger partial charge in [0.2, 0.25) is 0 Å². The van der Waals surface area contributed by atoms with Crippen molar-refractivity contribution in [3.05, 3.63) is 105 Å². The lowest BCUT2D eigenvalue weighted by atomic mass is 9.88. The molecule has 8 nitrogen and oxygen atoms in total. The third kappa shape index (κ3) is 5.02. The molecule has 36 heavy (non-hydrogen) atoms. The molecule has 4 aromatic rings. The highest BCUT2D eigenvalue weighted by Gasteiger charge is 2.26. The Labute approximate surface area is 208 Å². The van der Waals surface area contributed by atoms with E-state index < -0.39 is 4.92 Å². The molecule has 0 unspecified atom stereocenters. The summed E-state index contributed by atoms with van der Waals surface area (Å²) in [4.78, 5) is 22.8. The van der Waals surface area contributed by atoms with Gasteiger partial charge in [-0.2, -0.15) is 0 Å². The zero-order chi connectivity index (χ0) is 25.7. The fourth-order valence-electron chi connectivity index (χ4n) is 4.27. The van der Waals surface area contributed by atoms with Crippen molar-refractivity contribution in [3.8, 4) is 33.4 Å². The summed E-state index contributed by atoms with van der Waals surface area (Å²) in [7, 11) is 0. The first kappa shape index (κ1) is 24.4. The molecule has 4 aromatic carbocycles. The Morgan fingerprint density at radius 1 is 0.639 bits per heavy atom. The fourth-order valence-corrected chi connectivity index (χ4v) is 4.27. The summed E-state index contributed by atoms with van der Waals surface area (Å²) in [5, 5.41) is 30.2. The lowest BCUT2D eigenvalue weighted by Crippen LogP contribution is -2.00. The summed E-state index contributed by atoms with van der Waals surface area (Å²) >= 11 is 0. The van der Waals surface area contributed by atoms with Crippen LogP contribution in [0.5, 0.6) is 0 Å². The largest absolute Gasteiger partial charge is 0.385 e. The van der Waals surface area contributed by atoms with Crippen molar-refractivity contribution in [1.29, 1.82) is 0 Å². The molecule has 0 saturated carbocycles. The summed E-state index contributed by atoms with van der Waals surface area (Å²) in [6.45, 7) is 5.51. The Balaban J connectivity index is 1.98. The maximum Gasteiger partial charge on any atom is 0.285 e. The van der Waals surface area contributed by atoms with Gasteiger partial charge in [0.15, 0.2) is 0 Å². The van der Waals surface area contributed by atoms with Crippen LogP contribution in [0.2, 0.25) is 0 Å². The van der Waals surface area contributed by atoms with E-state index in [-0.39, 0.29) is 16.3 Å². The first-order chi connectivity index (χ1) is 17.4. The predicted octanol–water partition coefficient (Wildman–Crippen LogP) is 7.37. The predicted molar refractivity (Wildman–Crippen MR) is 144 cm³/mol. The SMILES string of the molecule is CCNc1ccc(-c2ccc(-c3ccc([N+](=O)[O-])cc3)c([N+](=O)[O-])c2-c2cccc(NCC)c2)cc1. The zero-order valence-corrected chi connectivity index (χ0v) is 20.0. The number of rotatable bonds is 9. The first-order valence-corrected chi connectivity index (χ1v) is 11.7. The monoisotopic (exact) mass is 482 g/mol. The summed E-state index contributed by atoms with van der Waals surface area (Å²) in [5.41, 5.74) is 5.40. The van der Waals surface area contributed by atoms with E-state index in [4.69, 9.17) is 0 Å². The molecular formula is C28H26N4O4. The van der Waals surface area contributed by atoms with Gasteiger partial charge in [-0.1, -0.05) is 30.3 Å². The van der Waals surface area contributed by atoms with Gasteiger partial charge in [0.05, 0.1) is 21.0 Å². The van der Waals surface area contributed by atoms with Gasteiger partial charge < -0.3 is 10.6 Å². The molecule has 0 bridgehead atoms. The highest BCUT2D eigenvalue weighted by Crippen LogP contribution is 2.45. The van der Waals surface area contributed by atoms with E-state index in [1.165, 1.54) is 12.1 Å². The average Bonchev–Trinajstić information content (AvgIpc) is 2.89. The average molecular weight is 483 g/mol. The standard InChI is InChI=1S/C28H26N4O4/c1-3-29-22-12-8-19(9-13-22)25-16-17-26(20-10-14-24(15-11-20)31(33)34)28(32(35)36)27(25)21-6-5-7-23(18-21)30-4-2/h5-18,29-30H,3-4H2,1-2H3. The van der Waals surface area contributed by atoms with Crippen molar-refractivity contribution in [2.75, 3.05) is 23.7 Å². The minimum Gasteiger partial charge on any atom is -0.385 e. The Kier molecular flexibility index (Phi) is 7.25. The number of hydrogen-bond acceptors (Lipinski definition) is 6. The summed E-state index contributed by atoms with van der Waals surface area (Å²) < 4.78 is 0. The molecule has 0 radical (unpaired) electrons. The van der Waals surface area contributed by atoms with Crippen molar-refractivity contribution >= 4 is 22.7 Å². The van der Waals surface area contributed by atoms with Gasteiger partial charge in [0, 0.05) is 36.6 Å². The Morgan fingerprint density at radius 2 is 1.22 bits per heavy atom. The van der Waals surface area contributed by atoms with Crippen LogP contribution in [0.25, 0.3) is 33.4 Å². The molecule has 0 aliphatic carbocycles. The van der Waals surface area contributed by atoms with E-state index >= 15 is 0 Å². The minimum atomic E-state index is -0.490. The van der Waals surface area contributed by atoms with Crippen LogP contribution >= 0.6 is 0 Å². The number of nitrogens with zero attached hydrogens (tertiary/aromatic N) is 2. The van der Waals surface area contributed by atoms with E-state index in [9.17, 15) is 20.2 Å². The fraction of sp³-hybridized carbons (Fsp3) is 0.143. The number of benzene rings is 4. The Bertz CT molecular complexity index is 1400. The second-order valence-corrected chi connectivity index (χ2v) is 8.16. The van der Waals surface area contributed by atoms with E-state index in [1.54, 1.807) is 18.2 Å². The van der Waals surface area contributed by atoms with E-state index in [1.807, 2.05) is 68.4 Å². The van der Waals surface area contributed by atoms with Gasteiger partial charge in [0.1, 0.15) is 0 Å². The molecule has 4 rings (SSSR count). The number of nitro groups is 2. The first-order valence-electron chi connectivity index (χ1n) is 11.7. The highest BCUT2D eigenvalue weighted by molar-refractivity contribution is 5.96. The molecule has 0 heterocycles. The van der Waals surface area contributed by atoms with Gasteiger partial charge in [-0.25, -0.2) is 0 Å². The molecule has 0 spiro atoms. The van der Waals surface area contributed by atoms with Crippen molar-refractivity contribution < 1.29 is 9.85 Å². The van der Waals surface area contributed by atoms with Crippen molar-refractivity contribution in [2.24, 2.45) is 0 Å². The third-order valence-corrected chi connectivity index (χ3v) is 5.86. The van der Waals surface area contributed by atoms with Crippen molar-refractivity contribution in [3.63, 3.8) is 0 Å². The third-order valence-electron chi connectivity index (χ3n) is 5.86. The van der Waals surface area contributed by atoms with Crippen LogP contribution < -0.4 is 10.6 Å². The zero-order valence-electron chi connectivity index (χ0n) is 20.0. The normalized spacial score (nSPS) is 10.6. The number of hydrogen-bond donors (Lipinski definition) is 2. The van der Waals surface area contributed by atoms with Gasteiger partial charge in [0.25, 0.3) is 11.4 Å². The topological polar surface area (TPSA) is 110 Å². The van der Waals surface area contributed by atoms with E-state index in [2.05, 4.69) is 10.6 Å². The van der Waals surface area contributed by atoms with E-state index in [0.717, 1.165) is 29.0 Å². The molecule has 0 aromatic heterocycles. The van der Waals surface area contributed by atoms with Gasteiger partial charge in [-0.15, -0.1) is 0 Å². The van der Waals surface area contributed by atoms with Crippen molar-refractivity contribution in [2.45, 2.75) is 13.8 Å². The van der Waals surface area contributed by atoms with E-state index in [0.29, 0.717) is 28.8 Å². The number of nitro benzene ring substituents is 2. The highest BCUT2D eigenvalue weighted by atomic mass is 16.6. The molecular weight excluding hydrogens is 456 g/mol. The van der Waals surface area contributed by atoms with Gasteiger partial charge >= 0.3 is 0 Å². The summed E-state index contributed by atoms with van der Waals surface area (Å²) in [5.74, 6) is 0. The number of anilines is 2. The molecule has 0 amide bonds. The van der Waals surface area contributed by atoms with Crippen LogP contribution in [0.3, 0.4) is 0 Å². The van der Waals surface area contributed by atoms with Gasteiger partial charge in [-0.3, -0.25) is 20.2 Å². The second kappa shape index (κ2) is 10.7. The van der Waals surface area contributed by atoms with Crippen LogP contribution in [0, 0.1) is 20.2 Å². The lowest BCUT2D eigenvalue weighted by Gasteiger charge is -2.16. The molecule has 8 heteroatoms. The van der Waals surface area contributed by atoms with Crippen LogP contribution in [-0.2, 0) is 0 Å². The maximum absolute atomic E-state index is 12.6. The molecule has 0 atom stereocenters. The number of non-ortho nitro benzene ring substituents is 1.